The molecule has 0 fully saturated rings. The highest BCUT2D eigenvalue weighted by atomic mass is 35.5. The summed E-state index contributed by atoms with van der Waals surface area (Å²) in [4.78, 5) is 15.9. The minimum absolute atomic E-state index is 0.119. The third-order valence-corrected chi connectivity index (χ3v) is 3.08. The second-order valence-electron chi connectivity index (χ2n) is 3.79. The maximum Gasteiger partial charge on any atom is 0.335 e. The van der Waals surface area contributed by atoms with Crippen LogP contribution < -0.4 is 4.84 Å². The summed E-state index contributed by atoms with van der Waals surface area (Å²) in [7, 11) is 0. The molecule has 0 amide bonds. The second kappa shape index (κ2) is 6.41. The third kappa shape index (κ3) is 3.50. The SMILES string of the molecule is O=C(O)c1cccc(ON=Cc2c(Cl)cccc2Cl)c1. The Morgan fingerprint density at radius 1 is 1.15 bits per heavy atom. The van der Waals surface area contributed by atoms with E-state index in [-0.39, 0.29) is 5.56 Å². The molecule has 0 aromatic heterocycles. The monoisotopic (exact) mass is 309 g/mol. The highest BCUT2D eigenvalue weighted by Gasteiger charge is 2.04. The first-order valence-electron chi connectivity index (χ1n) is 5.55. The van der Waals surface area contributed by atoms with Gasteiger partial charge in [-0.15, -0.1) is 0 Å². The Morgan fingerprint density at radius 2 is 1.80 bits per heavy atom. The Hall–Kier alpha value is -2.04. The summed E-state index contributed by atoms with van der Waals surface area (Å²) >= 11 is 11.9. The molecule has 4 nitrogen and oxygen atoms in total. The van der Waals surface area contributed by atoms with Gasteiger partial charge in [0.2, 0.25) is 0 Å². The van der Waals surface area contributed by atoms with Gasteiger partial charge < -0.3 is 9.94 Å². The Labute approximate surface area is 125 Å². The zero-order chi connectivity index (χ0) is 14.5. The number of hydrogen-bond donors (Lipinski definition) is 1. The van der Waals surface area contributed by atoms with Crippen LogP contribution in [-0.4, -0.2) is 17.3 Å². The van der Waals surface area contributed by atoms with Crippen molar-refractivity contribution in [3.05, 3.63) is 63.6 Å². The number of hydrogen-bond acceptors (Lipinski definition) is 3. The Kier molecular flexibility index (Phi) is 4.61. The standard InChI is InChI=1S/C14H9Cl2NO3/c15-12-5-2-6-13(16)11(12)8-17-20-10-4-1-3-9(7-10)14(18)19/h1-8H,(H,18,19). The summed E-state index contributed by atoms with van der Waals surface area (Å²) in [6, 6.07) is 11.1. The van der Waals surface area contributed by atoms with Crippen molar-refractivity contribution in [3.8, 4) is 5.75 Å². The summed E-state index contributed by atoms with van der Waals surface area (Å²) in [6.45, 7) is 0. The fourth-order valence-electron chi connectivity index (χ4n) is 1.46. The molecule has 2 rings (SSSR count). The molecule has 0 aliphatic rings. The predicted octanol–water partition coefficient (Wildman–Crippen LogP) is 4.10. The van der Waals surface area contributed by atoms with Crippen LogP contribution in [-0.2, 0) is 0 Å². The molecule has 2 aromatic carbocycles. The number of nitrogens with zero attached hydrogens (tertiary/aromatic N) is 1. The first-order valence-corrected chi connectivity index (χ1v) is 6.31. The van der Waals surface area contributed by atoms with Gasteiger partial charge in [-0.3, -0.25) is 0 Å². The van der Waals surface area contributed by atoms with E-state index in [4.69, 9.17) is 33.1 Å². The van der Waals surface area contributed by atoms with Crippen LogP contribution in [0, 0.1) is 0 Å². The van der Waals surface area contributed by atoms with Crippen LogP contribution in [0.4, 0.5) is 0 Å². The highest BCUT2D eigenvalue weighted by molar-refractivity contribution is 6.38. The van der Waals surface area contributed by atoms with E-state index < -0.39 is 5.97 Å². The van der Waals surface area contributed by atoms with Crippen molar-refractivity contribution < 1.29 is 14.7 Å². The van der Waals surface area contributed by atoms with E-state index in [1.54, 1.807) is 30.3 Å². The van der Waals surface area contributed by atoms with Crippen molar-refractivity contribution in [2.24, 2.45) is 5.16 Å². The first-order chi connectivity index (χ1) is 9.58. The number of halogens is 2. The molecule has 20 heavy (non-hydrogen) atoms. The van der Waals surface area contributed by atoms with Gasteiger partial charge in [-0.2, -0.15) is 0 Å². The summed E-state index contributed by atoms with van der Waals surface area (Å²) in [5, 5.41) is 13.5. The van der Waals surface area contributed by atoms with E-state index in [0.717, 1.165) is 0 Å². The van der Waals surface area contributed by atoms with Crippen LogP contribution in [0.15, 0.2) is 47.6 Å². The lowest BCUT2D eigenvalue weighted by Gasteiger charge is -2.01. The van der Waals surface area contributed by atoms with E-state index >= 15 is 0 Å². The highest BCUT2D eigenvalue weighted by Crippen LogP contribution is 2.22. The lowest BCUT2D eigenvalue weighted by atomic mass is 10.2. The largest absolute Gasteiger partial charge is 0.478 e. The van der Waals surface area contributed by atoms with Gasteiger partial charge in [-0.05, 0) is 30.3 Å². The van der Waals surface area contributed by atoms with Gasteiger partial charge >= 0.3 is 5.97 Å². The minimum Gasteiger partial charge on any atom is -0.478 e. The smallest absolute Gasteiger partial charge is 0.335 e. The Morgan fingerprint density at radius 3 is 2.45 bits per heavy atom. The molecule has 0 saturated carbocycles. The molecule has 0 atom stereocenters. The molecule has 2 aromatic rings. The lowest BCUT2D eigenvalue weighted by Crippen LogP contribution is -1.96. The molecule has 0 aliphatic carbocycles. The normalized spacial score (nSPS) is 10.7. The number of carboxylic acids is 1. The molecule has 0 unspecified atom stereocenters. The molecule has 102 valence electrons. The number of rotatable bonds is 4. The maximum atomic E-state index is 10.8. The van der Waals surface area contributed by atoms with Gasteiger partial charge in [0.1, 0.15) is 0 Å². The van der Waals surface area contributed by atoms with E-state index in [2.05, 4.69) is 5.16 Å². The summed E-state index contributed by atoms with van der Waals surface area (Å²) < 4.78 is 0. The number of oxime groups is 1. The summed E-state index contributed by atoms with van der Waals surface area (Å²) in [5.74, 6) is -0.724. The molecule has 1 N–H and O–H groups in total. The van der Waals surface area contributed by atoms with Crippen molar-refractivity contribution in [2.75, 3.05) is 0 Å². The quantitative estimate of drug-likeness (QED) is 0.683. The van der Waals surface area contributed by atoms with Crippen molar-refractivity contribution in [1.82, 2.24) is 0 Å². The van der Waals surface area contributed by atoms with Crippen molar-refractivity contribution in [3.63, 3.8) is 0 Å². The van der Waals surface area contributed by atoms with Gasteiger partial charge in [-0.1, -0.05) is 40.5 Å². The second-order valence-corrected chi connectivity index (χ2v) is 4.61. The van der Waals surface area contributed by atoms with Crippen LogP contribution in [0.3, 0.4) is 0 Å². The summed E-state index contributed by atoms with van der Waals surface area (Å²) in [5.41, 5.74) is 0.652. The van der Waals surface area contributed by atoms with Crippen LogP contribution >= 0.6 is 23.2 Å². The minimum atomic E-state index is -1.03. The van der Waals surface area contributed by atoms with Crippen molar-refractivity contribution >= 4 is 35.4 Å². The average Bonchev–Trinajstić information content (AvgIpc) is 2.42. The van der Waals surface area contributed by atoms with Crippen molar-refractivity contribution in [1.29, 1.82) is 0 Å². The van der Waals surface area contributed by atoms with Crippen LogP contribution in [0.1, 0.15) is 15.9 Å². The summed E-state index contributed by atoms with van der Waals surface area (Å²) in [6.07, 6.45) is 1.37. The van der Waals surface area contributed by atoms with Gasteiger partial charge in [0.15, 0.2) is 5.75 Å². The third-order valence-electron chi connectivity index (χ3n) is 2.42. The topological polar surface area (TPSA) is 58.9 Å². The lowest BCUT2D eigenvalue weighted by molar-refractivity contribution is 0.0696. The van der Waals surface area contributed by atoms with Gasteiger partial charge in [0.25, 0.3) is 0 Å². The first kappa shape index (κ1) is 14.4. The van der Waals surface area contributed by atoms with Gasteiger partial charge in [-0.25, -0.2) is 4.79 Å². The van der Waals surface area contributed by atoms with E-state index in [1.807, 2.05) is 0 Å². The molecule has 0 saturated heterocycles. The van der Waals surface area contributed by atoms with E-state index in [9.17, 15) is 4.79 Å². The molecule has 6 heteroatoms. The zero-order valence-electron chi connectivity index (χ0n) is 10.1. The predicted molar refractivity (Wildman–Crippen MR) is 78.1 cm³/mol. The van der Waals surface area contributed by atoms with E-state index in [1.165, 1.54) is 18.3 Å². The molecule has 0 bridgehead atoms. The van der Waals surface area contributed by atoms with E-state index in [0.29, 0.717) is 21.4 Å². The van der Waals surface area contributed by atoms with Crippen LogP contribution in [0.2, 0.25) is 10.0 Å². The number of carboxylic acid groups (broad SMARTS) is 1. The fraction of sp³-hybridized carbons (Fsp3) is 0. The maximum absolute atomic E-state index is 10.8. The molecular weight excluding hydrogens is 301 g/mol. The molecule has 0 heterocycles. The van der Waals surface area contributed by atoms with Gasteiger partial charge in [0, 0.05) is 5.56 Å². The number of benzene rings is 2. The fourth-order valence-corrected chi connectivity index (χ4v) is 1.95. The molecular formula is C14H9Cl2NO3. The molecule has 0 spiro atoms. The number of aromatic carboxylic acids is 1. The van der Waals surface area contributed by atoms with Crippen LogP contribution in [0.5, 0.6) is 5.75 Å². The molecule has 0 radical (unpaired) electrons. The van der Waals surface area contributed by atoms with Crippen LogP contribution in [0.25, 0.3) is 0 Å². The Bertz CT molecular complexity index is 651. The van der Waals surface area contributed by atoms with Gasteiger partial charge in [0.05, 0.1) is 21.8 Å². The Balaban J connectivity index is 2.14. The zero-order valence-corrected chi connectivity index (χ0v) is 11.6. The van der Waals surface area contributed by atoms with Crippen molar-refractivity contribution in [2.45, 2.75) is 0 Å². The number of carbonyl (C=O) groups is 1. The molecule has 0 aliphatic heterocycles. The average molecular weight is 310 g/mol.